The van der Waals surface area contributed by atoms with Gasteiger partial charge >= 0.3 is 0 Å². The van der Waals surface area contributed by atoms with Gasteiger partial charge in [0.1, 0.15) is 0 Å². The molecule has 84 valence electrons. The summed E-state index contributed by atoms with van der Waals surface area (Å²) in [4.78, 5) is 2.53. The fourth-order valence-corrected chi connectivity index (χ4v) is 2.27. The van der Waals surface area contributed by atoms with Crippen LogP contribution >= 0.6 is 0 Å². The summed E-state index contributed by atoms with van der Waals surface area (Å²) in [5.41, 5.74) is 5.73. The maximum Gasteiger partial charge on any atom is 0.0589 e. The Kier molecular flexibility index (Phi) is 4.85. The van der Waals surface area contributed by atoms with Crippen molar-refractivity contribution in [3.8, 4) is 0 Å². The number of methoxy groups -OCH3 is 1. The van der Waals surface area contributed by atoms with Gasteiger partial charge in [-0.15, -0.1) is 0 Å². The molecule has 0 bridgehead atoms. The van der Waals surface area contributed by atoms with Crippen molar-refractivity contribution in [2.24, 2.45) is 11.7 Å². The minimum atomic E-state index is 0.601. The van der Waals surface area contributed by atoms with E-state index in [1.807, 2.05) is 0 Å². The van der Waals surface area contributed by atoms with Gasteiger partial charge in [0.2, 0.25) is 0 Å². The summed E-state index contributed by atoms with van der Waals surface area (Å²) in [5.74, 6) is 0.717. The number of hydrogen-bond acceptors (Lipinski definition) is 3. The third kappa shape index (κ3) is 2.69. The zero-order valence-electron chi connectivity index (χ0n) is 9.70. The van der Waals surface area contributed by atoms with Crippen molar-refractivity contribution >= 4 is 0 Å². The predicted molar refractivity (Wildman–Crippen MR) is 59.3 cm³/mol. The van der Waals surface area contributed by atoms with Gasteiger partial charge in [0, 0.05) is 25.7 Å². The van der Waals surface area contributed by atoms with Gasteiger partial charge < -0.3 is 10.5 Å². The lowest BCUT2D eigenvalue weighted by Gasteiger charge is -2.46. The molecule has 0 amide bonds. The summed E-state index contributed by atoms with van der Waals surface area (Å²) in [5, 5.41) is 0. The molecular weight excluding hydrogens is 176 g/mol. The number of nitrogens with two attached hydrogens (primary N) is 1. The molecule has 0 aromatic heterocycles. The molecule has 1 fully saturated rings. The summed E-state index contributed by atoms with van der Waals surface area (Å²) in [6.45, 7) is 7.20. The van der Waals surface area contributed by atoms with E-state index < -0.39 is 0 Å². The van der Waals surface area contributed by atoms with Crippen LogP contribution in [0.2, 0.25) is 0 Å². The zero-order valence-corrected chi connectivity index (χ0v) is 9.70. The van der Waals surface area contributed by atoms with Crippen LogP contribution in [0.1, 0.15) is 26.7 Å². The molecule has 14 heavy (non-hydrogen) atoms. The van der Waals surface area contributed by atoms with Crippen LogP contribution in [0.25, 0.3) is 0 Å². The molecule has 1 aliphatic rings. The molecule has 0 aliphatic heterocycles. The minimum absolute atomic E-state index is 0.601. The van der Waals surface area contributed by atoms with Crippen molar-refractivity contribution in [3.63, 3.8) is 0 Å². The van der Waals surface area contributed by atoms with Gasteiger partial charge in [-0.3, -0.25) is 4.90 Å². The molecule has 0 radical (unpaired) electrons. The van der Waals surface area contributed by atoms with Gasteiger partial charge in [-0.25, -0.2) is 0 Å². The van der Waals surface area contributed by atoms with Crippen molar-refractivity contribution < 1.29 is 4.74 Å². The summed E-state index contributed by atoms with van der Waals surface area (Å²) in [6.07, 6.45) is 2.61. The van der Waals surface area contributed by atoms with Crippen molar-refractivity contribution in [3.05, 3.63) is 0 Å². The van der Waals surface area contributed by atoms with Gasteiger partial charge in [0.25, 0.3) is 0 Å². The molecule has 2 unspecified atom stereocenters. The first-order valence-corrected chi connectivity index (χ1v) is 5.65. The molecule has 1 aliphatic carbocycles. The fourth-order valence-electron chi connectivity index (χ4n) is 2.27. The molecule has 0 saturated heterocycles. The molecule has 2 atom stereocenters. The van der Waals surface area contributed by atoms with Crippen molar-refractivity contribution in [2.45, 2.75) is 38.8 Å². The third-order valence-corrected chi connectivity index (χ3v) is 3.32. The Hall–Kier alpha value is -0.120. The van der Waals surface area contributed by atoms with Gasteiger partial charge in [-0.05, 0) is 39.2 Å². The number of nitrogens with zero attached hydrogens (tertiary/aromatic N) is 1. The highest BCUT2D eigenvalue weighted by Crippen LogP contribution is 2.32. The van der Waals surface area contributed by atoms with E-state index in [0.29, 0.717) is 18.0 Å². The summed E-state index contributed by atoms with van der Waals surface area (Å²) in [7, 11) is 1.76. The zero-order chi connectivity index (χ0) is 10.6. The largest absolute Gasteiger partial charge is 0.383 e. The smallest absolute Gasteiger partial charge is 0.0589 e. The Morgan fingerprint density at radius 3 is 2.50 bits per heavy atom. The van der Waals surface area contributed by atoms with Crippen molar-refractivity contribution in [2.75, 3.05) is 26.8 Å². The number of rotatable bonds is 6. The van der Waals surface area contributed by atoms with Crippen LogP contribution in [0.5, 0.6) is 0 Å². The highest BCUT2D eigenvalue weighted by Gasteiger charge is 2.35. The number of hydrogen-bond donors (Lipinski definition) is 1. The summed E-state index contributed by atoms with van der Waals surface area (Å²) < 4.78 is 5.14. The molecule has 0 aromatic carbocycles. The van der Waals surface area contributed by atoms with Crippen molar-refractivity contribution in [1.29, 1.82) is 0 Å². The lowest BCUT2D eigenvalue weighted by atomic mass is 9.78. The summed E-state index contributed by atoms with van der Waals surface area (Å²) in [6, 6.07) is 1.31. The Labute approximate surface area is 87.6 Å². The SMILES string of the molecule is COCCN(C(C)C)C1CCC1CN. The molecule has 0 spiro atoms. The topological polar surface area (TPSA) is 38.5 Å². The Bertz CT molecular complexity index is 159. The second-order valence-corrected chi connectivity index (χ2v) is 4.46. The van der Waals surface area contributed by atoms with E-state index in [2.05, 4.69) is 18.7 Å². The second kappa shape index (κ2) is 5.69. The van der Waals surface area contributed by atoms with Crippen LogP contribution in [0.15, 0.2) is 0 Å². The van der Waals surface area contributed by atoms with Crippen molar-refractivity contribution in [1.82, 2.24) is 4.90 Å². The molecule has 3 heteroatoms. The fraction of sp³-hybridized carbons (Fsp3) is 1.00. The van der Waals surface area contributed by atoms with E-state index in [0.717, 1.165) is 19.7 Å². The first kappa shape index (κ1) is 12.0. The normalized spacial score (nSPS) is 27.0. The van der Waals surface area contributed by atoms with E-state index in [1.165, 1.54) is 12.8 Å². The van der Waals surface area contributed by atoms with E-state index >= 15 is 0 Å². The molecule has 0 heterocycles. The van der Waals surface area contributed by atoms with E-state index in [-0.39, 0.29) is 0 Å². The van der Waals surface area contributed by atoms with Crippen LogP contribution in [-0.2, 0) is 4.74 Å². The lowest BCUT2D eigenvalue weighted by molar-refractivity contribution is 0.0220. The molecule has 2 N–H and O–H groups in total. The Morgan fingerprint density at radius 2 is 2.14 bits per heavy atom. The first-order valence-electron chi connectivity index (χ1n) is 5.65. The average molecular weight is 200 g/mol. The molecule has 0 aromatic rings. The molecule has 1 rings (SSSR count). The van der Waals surface area contributed by atoms with E-state index in [1.54, 1.807) is 7.11 Å². The monoisotopic (exact) mass is 200 g/mol. The quantitative estimate of drug-likeness (QED) is 0.697. The average Bonchev–Trinajstić information content (AvgIpc) is 2.10. The van der Waals surface area contributed by atoms with Crippen LogP contribution in [0.4, 0.5) is 0 Å². The Morgan fingerprint density at radius 1 is 1.43 bits per heavy atom. The molecular formula is C11H24N2O. The predicted octanol–water partition coefficient (Wildman–Crippen LogP) is 1.08. The van der Waals surface area contributed by atoms with Crippen LogP contribution in [-0.4, -0.2) is 43.8 Å². The van der Waals surface area contributed by atoms with Crippen LogP contribution in [0.3, 0.4) is 0 Å². The second-order valence-electron chi connectivity index (χ2n) is 4.46. The van der Waals surface area contributed by atoms with Gasteiger partial charge in [-0.2, -0.15) is 0 Å². The first-order chi connectivity index (χ1) is 6.70. The third-order valence-electron chi connectivity index (χ3n) is 3.32. The highest BCUT2D eigenvalue weighted by molar-refractivity contribution is 4.90. The maximum absolute atomic E-state index is 5.73. The van der Waals surface area contributed by atoms with Gasteiger partial charge in [0.05, 0.1) is 6.61 Å². The highest BCUT2D eigenvalue weighted by atomic mass is 16.5. The minimum Gasteiger partial charge on any atom is -0.383 e. The molecule has 1 saturated carbocycles. The van der Waals surface area contributed by atoms with E-state index in [4.69, 9.17) is 10.5 Å². The standard InChI is InChI=1S/C11H24N2O/c1-9(2)13(6-7-14-3)11-5-4-10(11)8-12/h9-11H,4-8,12H2,1-3H3. The number of ether oxygens (including phenoxy) is 1. The molecule has 3 nitrogen and oxygen atoms in total. The van der Waals surface area contributed by atoms with Gasteiger partial charge in [-0.1, -0.05) is 0 Å². The lowest BCUT2D eigenvalue weighted by Crippen LogP contribution is -2.53. The van der Waals surface area contributed by atoms with Crippen LogP contribution < -0.4 is 5.73 Å². The summed E-state index contributed by atoms with van der Waals surface area (Å²) >= 11 is 0. The Balaban J connectivity index is 2.41. The van der Waals surface area contributed by atoms with Crippen LogP contribution in [0, 0.1) is 5.92 Å². The maximum atomic E-state index is 5.73. The van der Waals surface area contributed by atoms with Gasteiger partial charge in [0.15, 0.2) is 0 Å². The van der Waals surface area contributed by atoms with E-state index in [9.17, 15) is 0 Å².